The van der Waals surface area contributed by atoms with Gasteiger partial charge in [0.25, 0.3) is 0 Å². The van der Waals surface area contributed by atoms with E-state index < -0.39 is 6.10 Å². The summed E-state index contributed by atoms with van der Waals surface area (Å²) in [4.78, 5) is 12.6. The summed E-state index contributed by atoms with van der Waals surface area (Å²) in [6.45, 7) is 1.89. The Hall–Kier alpha value is -3.20. The zero-order valence-corrected chi connectivity index (χ0v) is 21.3. The predicted octanol–water partition coefficient (Wildman–Crippen LogP) is 6.45. The van der Waals surface area contributed by atoms with E-state index in [9.17, 15) is 4.79 Å². The molecule has 35 heavy (non-hydrogen) atoms. The number of hydrogen-bond acceptors (Lipinski definition) is 6. The molecule has 0 aliphatic rings. The topological polar surface area (TPSA) is 78.3 Å². The van der Waals surface area contributed by atoms with Gasteiger partial charge in [0.2, 0.25) is 5.91 Å². The van der Waals surface area contributed by atoms with Crippen molar-refractivity contribution < 1.29 is 14.3 Å². The van der Waals surface area contributed by atoms with Gasteiger partial charge in [-0.15, -0.1) is 10.2 Å². The Kier molecular flexibility index (Phi) is 8.17. The van der Waals surface area contributed by atoms with E-state index in [4.69, 9.17) is 32.7 Å². The van der Waals surface area contributed by atoms with Crippen molar-refractivity contribution in [2.45, 2.75) is 18.2 Å². The summed E-state index contributed by atoms with van der Waals surface area (Å²) < 4.78 is 13.3. The van der Waals surface area contributed by atoms with Crippen LogP contribution in [0.1, 0.15) is 18.9 Å². The van der Waals surface area contributed by atoms with Crippen LogP contribution in [0.25, 0.3) is 5.69 Å². The lowest BCUT2D eigenvalue weighted by Gasteiger charge is -2.17. The Bertz CT molecular complexity index is 1320. The van der Waals surface area contributed by atoms with Gasteiger partial charge >= 0.3 is 0 Å². The van der Waals surface area contributed by atoms with Gasteiger partial charge in [-0.3, -0.25) is 9.36 Å². The minimum atomic E-state index is -0.428. The summed E-state index contributed by atoms with van der Waals surface area (Å²) in [6.07, 6.45) is -0.428. The minimum absolute atomic E-state index is 0.0962. The molecule has 180 valence electrons. The molecule has 4 rings (SSSR count). The number of carbonyl (C=O) groups is 1. The summed E-state index contributed by atoms with van der Waals surface area (Å²) >= 11 is 13.5. The normalized spacial score (nSPS) is 11.7. The number of thioether (sulfide) groups is 1. The van der Waals surface area contributed by atoms with Gasteiger partial charge in [-0.2, -0.15) is 0 Å². The van der Waals surface area contributed by atoms with Gasteiger partial charge in [0.05, 0.1) is 28.6 Å². The molecule has 0 aliphatic heterocycles. The molecule has 0 bridgehead atoms. The second-order valence-corrected chi connectivity index (χ2v) is 9.12. The Labute approximate surface area is 217 Å². The van der Waals surface area contributed by atoms with Crippen molar-refractivity contribution in [2.75, 3.05) is 18.2 Å². The van der Waals surface area contributed by atoms with E-state index in [-0.39, 0.29) is 11.7 Å². The van der Waals surface area contributed by atoms with Gasteiger partial charge in [0, 0.05) is 11.8 Å². The van der Waals surface area contributed by atoms with Gasteiger partial charge in [-0.05, 0) is 43.3 Å². The van der Waals surface area contributed by atoms with Crippen molar-refractivity contribution >= 4 is 46.6 Å². The molecule has 0 saturated carbocycles. The van der Waals surface area contributed by atoms with E-state index in [1.54, 1.807) is 31.4 Å². The Morgan fingerprint density at radius 1 is 1.03 bits per heavy atom. The highest BCUT2D eigenvalue weighted by atomic mass is 35.5. The highest BCUT2D eigenvalue weighted by Gasteiger charge is 2.22. The molecule has 1 heterocycles. The molecule has 3 aromatic carbocycles. The molecule has 0 fully saturated rings. The highest BCUT2D eigenvalue weighted by Crippen LogP contribution is 2.31. The zero-order chi connectivity index (χ0) is 24.8. The SMILES string of the molecule is COc1cccc(OC(C)c2nnc(SCC(=O)Nc3cccc(Cl)c3Cl)n2-c2ccccc2)c1. The van der Waals surface area contributed by atoms with E-state index in [0.717, 1.165) is 5.69 Å². The summed E-state index contributed by atoms with van der Waals surface area (Å²) in [5, 5.41) is 12.7. The lowest BCUT2D eigenvalue weighted by molar-refractivity contribution is -0.113. The number of amides is 1. The lowest BCUT2D eigenvalue weighted by Crippen LogP contribution is -2.15. The van der Waals surface area contributed by atoms with Crippen LogP contribution >= 0.6 is 35.0 Å². The van der Waals surface area contributed by atoms with E-state index in [2.05, 4.69) is 15.5 Å². The molecule has 1 N–H and O–H groups in total. The van der Waals surface area contributed by atoms with Gasteiger partial charge in [-0.25, -0.2) is 0 Å². The number of nitrogens with zero attached hydrogens (tertiary/aromatic N) is 3. The number of halogens is 2. The maximum atomic E-state index is 12.6. The van der Waals surface area contributed by atoms with Crippen LogP contribution in [0.2, 0.25) is 10.0 Å². The molecule has 7 nitrogen and oxygen atoms in total. The van der Waals surface area contributed by atoms with Crippen LogP contribution in [0.15, 0.2) is 78.0 Å². The van der Waals surface area contributed by atoms with Crippen molar-refractivity contribution in [1.29, 1.82) is 0 Å². The van der Waals surface area contributed by atoms with Crippen LogP contribution in [0.3, 0.4) is 0 Å². The number of rotatable bonds is 9. The van der Waals surface area contributed by atoms with E-state index in [1.165, 1.54) is 11.8 Å². The number of methoxy groups -OCH3 is 1. The first-order valence-corrected chi connectivity index (χ1v) is 12.4. The molecule has 0 aliphatic carbocycles. The quantitative estimate of drug-likeness (QED) is 0.251. The Balaban J connectivity index is 1.54. The molecular formula is C25H22Cl2N4O3S. The first-order chi connectivity index (χ1) is 17.0. The Morgan fingerprint density at radius 2 is 1.77 bits per heavy atom. The number of nitrogens with one attached hydrogen (secondary N) is 1. The van der Waals surface area contributed by atoms with Gasteiger partial charge < -0.3 is 14.8 Å². The van der Waals surface area contributed by atoms with Crippen molar-refractivity contribution in [1.82, 2.24) is 14.8 Å². The number of aromatic nitrogens is 3. The van der Waals surface area contributed by atoms with Gasteiger partial charge in [-0.1, -0.05) is 65.3 Å². The molecule has 0 radical (unpaired) electrons. The number of anilines is 1. The van der Waals surface area contributed by atoms with Crippen LogP contribution in [0.4, 0.5) is 5.69 Å². The van der Waals surface area contributed by atoms with Crippen molar-refractivity contribution in [3.05, 3.63) is 88.7 Å². The number of carbonyl (C=O) groups excluding carboxylic acids is 1. The van der Waals surface area contributed by atoms with Crippen molar-refractivity contribution in [3.8, 4) is 17.2 Å². The molecule has 1 amide bonds. The molecule has 0 spiro atoms. The number of hydrogen-bond donors (Lipinski definition) is 1. The first-order valence-electron chi connectivity index (χ1n) is 10.6. The molecule has 0 saturated heterocycles. The fourth-order valence-corrected chi connectivity index (χ4v) is 4.41. The standard InChI is InChI=1S/C25H22Cl2N4O3S/c1-16(34-19-11-6-10-18(14-19)33-2)24-29-30-25(31(24)17-8-4-3-5-9-17)35-15-22(32)28-21-13-7-12-20(26)23(21)27/h3-14,16H,15H2,1-2H3,(H,28,32). The van der Waals surface area contributed by atoms with Crippen molar-refractivity contribution in [3.63, 3.8) is 0 Å². The second-order valence-electron chi connectivity index (χ2n) is 7.39. The summed E-state index contributed by atoms with van der Waals surface area (Å²) in [5.74, 6) is 1.79. The van der Waals surface area contributed by atoms with Gasteiger partial charge in [0.15, 0.2) is 17.1 Å². The van der Waals surface area contributed by atoms with E-state index in [0.29, 0.717) is 38.2 Å². The van der Waals surface area contributed by atoms with Crippen LogP contribution in [0.5, 0.6) is 11.5 Å². The molecule has 10 heteroatoms. The first kappa shape index (κ1) is 24.9. The van der Waals surface area contributed by atoms with Gasteiger partial charge in [0.1, 0.15) is 11.5 Å². The van der Waals surface area contributed by atoms with Crippen LogP contribution in [-0.4, -0.2) is 33.5 Å². The Morgan fingerprint density at radius 3 is 2.54 bits per heavy atom. The number of ether oxygens (including phenoxy) is 2. The van der Waals surface area contributed by atoms with Crippen molar-refractivity contribution in [2.24, 2.45) is 0 Å². The highest BCUT2D eigenvalue weighted by molar-refractivity contribution is 7.99. The molecule has 4 aromatic rings. The lowest BCUT2D eigenvalue weighted by atomic mass is 10.3. The number of benzene rings is 3. The third-order valence-corrected chi connectivity index (χ3v) is 6.70. The fraction of sp³-hybridized carbons (Fsp3) is 0.160. The molecule has 1 unspecified atom stereocenters. The second kappa shape index (κ2) is 11.5. The third-order valence-electron chi connectivity index (χ3n) is 4.95. The average Bonchev–Trinajstić information content (AvgIpc) is 3.30. The van der Waals surface area contributed by atoms with E-state index >= 15 is 0 Å². The average molecular weight is 529 g/mol. The van der Waals surface area contributed by atoms with E-state index in [1.807, 2.05) is 60.0 Å². The molecule has 1 aromatic heterocycles. The monoisotopic (exact) mass is 528 g/mol. The van der Waals surface area contributed by atoms with Crippen LogP contribution in [-0.2, 0) is 4.79 Å². The summed E-state index contributed by atoms with van der Waals surface area (Å²) in [7, 11) is 1.61. The van der Waals surface area contributed by atoms with Crippen LogP contribution < -0.4 is 14.8 Å². The molecule has 1 atom stereocenters. The van der Waals surface area contributed by atoms with Crippen LogP contribution in [0, 0.1) is 0 Å². The molecular weight excluding hydrogens is 507 g/mol. The largest absolute Gasteiger partial charge is 0.497 e. The fourth-order valence-electron chi connectivity index (χ4n) is 3.31. The maximum absolute atomic E-state index is 12.6. The maximum Gasteiger partial charge on any atom is 0.234 e. The zero-order valence-electron chi connectivity index (χ0n) is 18.9. The smallest absolute Gasteiger partial charge is 0.234 e. The predicted molar refractivity (Wildman–Crippen MR) is 139 cm³/mol. The summed E-state index contributed by atoms with van der Waals surface area (Å²) in [6, 6.07) is 22.1. The summed E-state index contributed by atoms with van der Waals surface area (Å²) in [5.41, 5.74) is 1.31. The minimum Gasteiger partial charge on any atom is -0.497 e. The third kappa shape index (κ3) is 6.08. The number of para-hydroxylation sites is 1.